The highest BCUT2D eigenvalue weighted by atomic mass is 19.4. The van der Waals surface area contributed by atoms with Gasteiger partial charge >= 0.3 is 6.18 Å². The summed E-state index contributed by atoms with van der Waals surface area (Å²) in [5, 5.41) is 14.4. The van der Waals surface area contributed by atoms with Crippen molar-refractivity contribution in [3.05, 3.63) is 63.8 Å². The zero-order valence-electron chi connectivity index (χ0n) is 19.5. The molecule has 0 bridgehead atoms. The van der Waals surface area contributed by atoms with Crippen LogP contribution in [0.2, 0.25) is 0 Å². The van der Waals surface area contributed by atoms with Gasteiger partial charge in [-0.1, -0.05) is 0 Å². The summed E-state index contributed by atoms with van der Waals surface area (Å²) < 4.78 is 53.7. The minimum Gasteiger partial charge on any atom is -0.381 e. The average molecular weight is 506 g/mol. The molecule has 1 aliphatic heterocycles. The number of amides is 1. The molecular weight excluding hydrogens is 481 g/mol. The maximum atomic E-state index is 13.7. The van der Waals surface area contributed by atoms with E-state index in [9.17, 15) is 22.8 Å². The summed E-state index contributed by atoms with van der Waals surface area (Å²) in [4.78, 5) is 24.6. The van der Waals surface area contributed by atoms with Gasteiger partial charge in [0.25, 0.3) is 11.5 Å². The maximum Gasteiger partial charge on any atom is 0.433 e. The van der Waals surface area contributed by atoms with Crippen LogP contribution in [-0.4, -0.2) is 56.9 Å². The Balaban J connectivity index is 1.51. The maximum absolute atomic E-state index is 13.7. The minimum atomic E-state index is -4.64. The van der Waals surface area contributed by atoms with Gasteiger partial charge in [-0.25, -0.2) is 4.68 Å². The van der Waals surface area contributed by atoms with Gasteiger partial charge in [0, 0.05) is 44.5 Å². The van der Waals surface area contributed by atoms with Gasteiger partial charge in [0.15, 0.2) is 11.6 Å². The van der Waals surface area contributed by atoms with Crippen LogP contribution in [0.3, 0.4) is 0 Å². The van der Waals surface area contributed by atoms with Crippen molar-refractivity contribution in [1.82, 2.24) is 24.5 Å². The molecule has 0 atom stereocenters. The Morgan fingerprint density at radius 1 is 1.19 bits per heavy atom. The first-order valence-electron chi connectivity index (χ1n) is 11.4. The van der Waals surface area contributed by atoms with Crippen molar-refractivity contribution in [2.45, 2.75) is 38.4 Å². The van der Waals surface area contributed by atoms with Gasteiger partial charge in [-0.05, 0) is 44.0 Å². The third-order valence-electron chi connectivity index (χ3n) is 5.69. The van der Waals surface area contributed by atoms with Crippen molar-refractivity contribution in [2.75, 3.05) is 31.7 Å². The molecular formula is C23H25F3N6O4. The van der Waals surface area contributed by atoms with Gasteiger partial charge in [-0.2, -0.15) is 18.3 Å². The quantitative estimate of drug-likeness (QED) is 0.467. The van der Waals surface area contributed by atoms with Gasteiger partial charge < -0.3 is 19.4 Å². The number of aromatic nitrogens is 5. The fourth-order valence-corrected chi connectivity index (χ4v) is 3.81. The van der Waals surface area contributed by atoms with Gasteiger partial charge in [-0.15, -0.1) is 10.2 Å². The van der Waals surface area contributed by atoms with Crippen LogP contribution in [0.4, 0.5) is 19.0 Å². The van der Waals surface area contributed by atoms with Crippen LogP contribution in [0.15, 0.2) is 41.3 Å². The van der Waals surface area contributed by atoms with E-state index in [1.54, 1.807) is 0 Å². The Bertz CT molecular complexity index is 1250. The van der Waals surface area contributed by atoms with Gasteiger partial charge in [0.2, 0.25) is 0 Å². The van der Waals surface area contributed by atoms with E-state index in [-0.39, 0.29) is 35.2 Å². The molecule has 0 radical (unpaired) electrons. The predicted molar refractivity (Wildman–Crippen MR) is 122 cm³/mol. The number of carbonyl (C=O) groups excluding carboxylic acids is 1. The summed E-state index contributed by atoms with van der Waals surface area (Å²) in [5.74, 6) is -0.798. The van der Waals surface area contributed by atoms with E-state index in [1.165, 1.54) is 35.0 Å². The van der Waals surface area contributed by atoms with Crippen molar-refractivity contribution < 1.29 is 27.4 Å². The summed E-state index contributed by atoms with van der Waals surface area (Å²) in [6, 6.07) is 6.30. The molecule has 0 saturated carbocycles. The number of hydrogen-bond donors (Lipinski definition) is 1. The van der Waals surface area contributed by atoms with Crippen molar-refractivity contribution in [2.24, 2.45) is 0 Å². The Morgan fingerprint density at radius 3 is 2.64 bits per heavy atom. The lowest BCUT2D eigenvalue weighted by atomic mass is 9.96. The largest absolute Gasteiger partial charge is 0.433 e. The smallest absolute Gasteiger partial charge is 0.381 e. The molecule has 0 spiro atoms. The zero-order chi connectivity index (χ0) is 25.7. The summed E-state index contributed by atoms with van der Waals surface area (Å²) in [6.07, 6.45) is -2.07. The Morgan fingerprint density at radius 2 is 1.97 bits per heavy atom. The fraction of sp³-hybridized carbons (Fsp3) is 0.435. The number of anilines is 1. The first-order chi connectivity index (χ1) is 17.3. The second-order valence-corrected chi connectivity index (χ2v) is 8.13. The number of nitrogens with one attached hydrogen (secondary N) is 1. The van der Waals surface area contributed by atoms with E-state index in [0.717, 1.165) is 10.7 Å². The number of ether oxygens (including phenoxy) is 2. The molecule has 1 amide bonds. The summed E-state index contributed by atoms with van der Waals surface area (Å²) >= 11 is 0. The van der Waals surface area contributed by atoms with Crippen LogP contribution < -0.4 is 10.9 Å². The molecule has 10 nitrogen and oxygen atoms in total. The van der Waals surface area contributed by atoms with Gasteiger partial charge in [0.05, 0.1) is 17.9 Å². The Kier molecular flexibility index (Phi) is 7.79. The highest BCUT2D eigenvalue weighted by molar-refractivity contribution is 6.03. The van der Waals surface area contributed by atoms with Crippen molar-refractivity contribution in [3.8, 4) is 5.82 Å². The molecule has 0 aliphatic carbocycles. The number of hydrogen-bond acceptors (Lipinski definition) is 7. The lowest BCUT2D eigenvalue weighted by molar-refractivity contribution is -0.142. The molecule has 1 N–H and O–H groups in total. The lowest BCUT2D eigenvalue weighted by Crippen LogP contribution is -2.24. The number of nitrogens with zero attached hydrogens (tertiary/aromatic N) is 5. The van der Waals surface area contributed by atoms with Crippen LogP contribution in [0.25, 0.3) is 5.82 Å². The summed E-state index contributed by atoms with van der Waals surface area (Å²) in [6.45, 7) is 3.87. The van der Waals surface area contributed by atoms with Crippen molar-refractivity contribution in [3.63, 3.8) is 0 Å². The lowest BCUT2D eigenvalue weighted by Gasteiger charge is -2.19. The van der Waals surface area contributed by atoms with Crippen LogP contribution in [0, 0.1) is 0 Å². The third kappa shape index (κ3) is 5.97. The van der Waals surface area contributed by atoms with Crippen LogP contribution >= 0.6 is 0 Å². The molecule has 1 fully saturated rings. The van der Waals surface area contributed by atoms with Crippen molar-refractivity contribution in [1.29, 1.82) is 0 Å². The number of pyridine rings is 1. The molecule has 0 unspecified atom stereocenters. The third-order valence-corrected chi connectivity index (χ3v) is 5.69. The van der Waals surface area contributed by atoms with E-state index in [1.807, 2.05) is 6.92 Å². The molecule has 0 aromatic carbocycles. The highest BCUT2D eigenvalue weighted by Crippen LogP contribution is 2.35. The predicted octanol–water partition coefficient (Wildman–Crippen LogP) is 3.03. The normalized spacial score (nSPS) is 14.7. The van der Waals surface area contributed by atoms with Crippen LogP contribution in [0.5, 0.6) is 0 Å². The fourth-order valence-electron chi connectivity index (χ4n) is 3.81. The molecule has 192 valence electrons. The standard InChI is InChI=1S/C23H25F3N6O4/c1-2-35-12-9-31-14-16(3-6-21(31)33)22(34)27-19-4-5-20(29-28-19)32-18(23(24,25)26)13-17(30-32)15-7-10-36-11-8-15/h3-6,13-15H,2,7-12H2,1H3,(H,27,28,34). The number of carbonyl (C=O) groups is 1. The SMILES string of the molecule is CCOCCn1cc(C(=O)Nc2ccc(-n3nc(C4CCOCC4)cc3C(F)(F)F)nn2)ccc1=O. The topological polar surface area (TPSA) is 113 Å². The minimum absolute atomic E-state index is 0.0289. The monoisotopic (exact) mass is 506 g/mol. The molecule has 1 saturated heterocycles. The first-order valence-corrected chi connectivity index (χ1v) is 11.4. The molecule has 4 rings (SSSR count). The summed E-state index contributed by atoms with van der Waals surface area (Å²) in [5.41, 5.74) is -0.714. The second-order valence-electron chi connectivity index (χ2n) is 8.13. The van der Waals surface area contributed by atoms with Gasteiger partial charge in [-0.3, -0.25) is 9.59 Å². The van der Waals surface area contributed by atoms with Crippen LogP contribution in [-0.2, 0) is 22.2 Å². The molecule has 3 aromatic heterocycles. The Hall–Kier alpha value is -3.58. The van der Waals surface area contributed by atoms with Crippen molar-refractivity contribution >= 4 is 11.7 Å². The molecule has 1 aliphatic rings. The number of halogens is 3. The summed E-state index contributed by atoms with van der Waals surface area (Å²) in [7, 11) is 0. The molecule has 3 aromatic rings. The van der Waals surface area contributed by atoms with E-state index >= 15 is 0 Å². The Labute approximate surface area is 204 Å². The molecule has 4 heterocycles. The average Bonchev–Trinajstić information content (AvgIpc) is 3.33. The van der Waals surface area contributed by atoms with E-state index in [4.69, 9.17) is 9.47 Å². The molecule has 13 heteroatoms. The second kappa shape index (κ2) is 11.0. The zero-order valence-corrected chi connectivity index (χ0v) is 19.5. The van der Waals surface area contributed by atoms with Crippen LogP contribution in [0.1, 0.15) is 47.4 Å². The number of alkyl halides is 3. The molecule has 36 heavy (non-hydrogen) atoms. The van der Waals surface area contributed by atoms with Gasteiger partial charge in [0.1, 0.15) is 5.69 Å². The highest BCUT2D eigenvalue weighted by Gasteiger charge is 2.37. The van der Waals surface area contributed by atoms with E-state index < -0.39 is 17.8 Å². The van der Waals surface area contributed by atoms with E-state index in [2.05, 4.69) is 20.6 Å². The van der Waals surface area contributed by atoms with E-state index in [0.29, 0.717) is 45.0 Å². The number of rotatable bonds is 8. The first kappa shape index (κ1) is 25.5.